The minimum absolute atomic E-state index is 0.399. The Labute approximate surface area is 214 Å². The molecular formula is C28H25ClN4O3. The molecule has 5 rings (SSSR count). The molecule has 1 aliphatic rings. The lowest BCUT2D eigenvalue weighted by Crippen LogP contribution is -2.36. The van der Waals surface area contributed by atoms with Crippen molar-refractivity contribution in [2.75, 3.05) is 38.3 Å². The van der Waals surface area contributed by atoms with Crippen molar-refractivity contribution in [3.8, 4) is 17.6 Å². The molecule has 1 aliphatic heterocycles. The fourth-order valence-electron chi connectivity index (χ4n) is 4.20. The maximum Gasteiger partial charge on any atom is 0.148 e. The summed E-state index contributed by atoms with van der Waals surface area (Å²) in [6.07, 6.45) is 2.31. The molecule has 182 valence electrons. The zero-order chi connectivity index (χ0) is 24.9. The highest BCUT2D eigenvalue weighted by Gasteiger charge is 2.16. The Morgan fingerprint density at radius 1 is 1.06 bits per heavy atom. The van der Waals surface area contributed by atoms with Crippen molar-refractivity contribution in [1.82, 2.24) is 9.97 Å². The van der Waals surface area contributed by atoms with Gasteiger partial charge in [-0.3, -0.25) is 4.98 Å². The number of hydrogen-bond donors (Lipinski definition) is 0. The van der Waals surface area contributed by atoms with Crippen LogP contribution in [0.1, 0.15) is 22.3 Å². The highest BCUT2D eigenvalue weighted by Crippen LogP contribution is 2.29. The highest BCUT2D eigenvalue weighted by molar-refractivity contribution is 6.32. The lowest BCUT2D eigenvalue weighted by molar-refractivity contribution is 0.122. The Balaban J connectivity index is 1.34. The van der Waals surface area contributed by atoms with Crippen LogP contribution < -0.4 is 14.4 Å². The first-order valence-electron chi connectivity index (χ1n) is 11.7. The average Bonchev–Trinajstić information content (AvgIpc) is 2.93. The summed E-state index contributed by atoms with van der Waals surface area (Å²) in [5, 5.41) is 10.5. The normalized spacial score (nSPS) is 13.4. The molecule has 0 radical (unpaired) electrons. The van der Waals surface area contributed by atoms with Gasteiger partial charge in [-0.1, -0.05) is 35.9 Å². The van der Waals surface area contributed by atoms with E-state index in [1.165, 1.54) is 0 Å². The van der Waals surface area contributed by atoms with E-state index in [1.54, 1.807) is 13.3 Å². The molecule has 8 heteroatoms. The molecule has 3 aromatic carbocycles. The third-order valence-electron chi connectivity index (χ3n) is 6.18. The molecule has 1 aromatic heterocycles. The van der Waals surface area contributed by atoms with Crippen LogP contribution in [0.2, 0.25) is 5.02 Å². The van der Waals surface area contributed by atoms with Crippen molar-refractivity contribution >= 4 is 28.5 Å². The fourth-order valence-corrected chi connectivity index (χ4v) is 4.46. The first-order valence-corrected chi connectivity index (χ1v) is 12.1. The Hall–Kier alpha value is -3.86. The molecule has 0 amide bonds. The van der Waals surface area contributed by atoms with Crippen LogP contribution in [0.4, 0.5) is 5.82 Å². The fraction of sp³-hybridized carbons (Fsp3) is 0.250. The molecule has 4 aromatic rings. The Morgan fingerprint density at radius 2 is 1.83 bits per heavy atom. The van der Waals surface area contributed by atoms with E-state index < -0.39 is 0 Å². The van der Waals surface area contributed by atoms with Crippen LogP contribution in [-0.4, -0.2) is 43.4 Å². The summed E-state index contributed by atoms with van der Waals surface area (Å²) in [5.74, 6) is 2.17. The topological polar surface area (TPSA) is 80.5 Å². The number of hydrogen-bond acceptors (Lipinski definition) is 7. The quantitative estimate of drug-likeness (QED) is 0.346. The number of anilines is 1. The third kappa shape index (κ3) is 5.20. The van der Waals surface area contributed by atoms with E-state index in [1.807, 2.05) is 54.6 Å². The predicted molar refractivity (Wildman–Crippen MR) is 139 cm³/mol. The smallest absolute Gasteiger partial charge is 0.148 e. The second kappa shape index (κ2) is 10.8. The van der Waals surface area contributed by atoms with Crippen LogP contribution >= 0.6 is 11.6 Å². The SMILES string of the molecule is COc1ccc(COc2ccc(Cc3ccc4ncc(N5CCOCC5)nc4c3C#N)cc2Cl)cc1. The van der Waals surface area contributed by atoms with E-state index in [0.29, 0.717) is 53.6 Å². The summed E-state index contributed by atoms with van der Waals surface area (Å²) in [6.45, 7) is 3.23. The lowest BCUT2D eigenvalue weighted by atomic mass is 9.99. The Kier molecular flexibility index (Phi) is 7.17. The van der Waals surface area contributed by atoms with E-state index in [4.69, 9.17) is 30.8 Å². The van der Waals surface area contributed by atoms with Crippen LogP contribution in [-0.2, 0) is 17.8 Å². The zero-order valence-corrected chi connectivity index (χ0v) is 20.7. The number of benzene rings is 3. The molecule has 36 heavy (non-hydrogen) atoms. The van der Waals surface area contributed by atoms with Gasteiger partial charge in [0.05, 0.1) is 42.6 Å². The van der Waals surface area contributed by atoms with Crippen molar-refractivity contribution in [1.29, 1.82) is 5.26 Å². The van der Waals surface area contributed by atoms with Crippen molar-refractivity contribution in [2.24, 2.45) is 0 Å². The summed E-state index contributed by atoms with van der Waals surface area (Å²) in [4.78, 5) is 11.5. The van der Waals surface area contributed by atoms with E-state index in [0.717, 1.165) is 41.3 Å². The monoisotopic (exact) mass is 500 g/mol. The molecule has 1 fully saturated rings. The summed E-state index contributed by atoms with van der Waals surface area (Å²) in [6, 6.07) is 19.6. The van der Waals surface area contributed by atoms with Crippen LogP contribution in [0.25, 0.3) is 11.0 Å². The van der Waals surface area contributed by atoms with Crippen LogP contribution in [0.5, 0.6) is 11.5 Å². The van der Waals surface area contributed by atoms with Crippen LogP contribution in [0.15, 0.2) is 60.8 Å². The number of fused-ring (bicyclic) bond motifs is 1. The van der Waals surface area contributed by atoms with Gasteiger partial charge in [0.2, 0.25) is 0 Å². The summed E-state index contributed by atoms with van der Waals surface area (Å²) < 4.78 is 16.5. The molecule has 0 bridgehead atoms. The van der Waals surface area contributed by atoms with Crippen molar-refractivity contribution in [2.45, 2.75) is 13.0 Å². The van der Waals surface area contributed by atoms with E-state index in [9.17, 15) is 5.26 Å². The first-order chi connectivity index (χ1) is 17.6. The molecule has 2 heterocycles. The van der Waals surface area contributed by atoms with Gasteiger partial charge in [-0.05, 0) is 53.4 Å². The zero-order valence-electron chi connectivity index (χ0n) is 19.9. The molecule has 1 saturated heterocycles. The molecule has 0 unspecified atom stereocenters. The second-order valence-electron chi connectivity index (χ2n) is 8.49. The van der Waals surface area contributed by atoms with E-state index in [-0.39, 0.29) is 0 Å². The number of ether oxygens (including phenoxy) is 3. The maximum absolute atomic E-state index is 10.0. The number of morpholine rings is 1. The van der Waals surface area contributed by atoms with Gasteiger partial charge in [0, 0.05) is 13.1 Å². The van der Waals surface area contributed by atoms with Crippen molar-refractivity contribution in [3.05, 3.63) is 88.1 Å². The van der Waals surface area contributed by atoms with Crippen molar-refractivity contribution < 1.29 is 14.2 Å². The Bertz CT molecular complexity index is 1410. The summed E-state index contributed by atoms with van der Waals surface area (Å²) >= 11 is 6.54. The van der Waals surface area contributed by atoms with Gasteiger partial charge in [0.1, 0.15) is 35.5 Å². The van der Waals surface area contributed by atoms with Gasteiger partial charge < -0.3 is 19.1 Å². The third-order valence-corrected chi connectivity index (χ3v) is 6.47. The lowest BCUT2D eigenvalue weighted by Gasteiger charge is -2.27. The summed E-state index contributed by atoms with van der Waals surface area (Å²) in [5.41, 5.74) is 4.72. The minimum atomic E-state index is 0.399. The number of aromatic nitrogens is 2. The molecule has 0 N–H and O–H groups in total. The molecule has 0 aliphatic carbocycles. The number of rotatable bonds is 7. The Morgan fingerprint density at radius 3 is 2.56 bits per heavy atom. The molecule has 0 saturated carbocycles. The second-order valence-corrected chi connectivity index (χ2v) is 8.89. The number of methoxy groups -OCH3 is 1. The number of nitrogens with zero attached hydrogens (tertiary/aromatic N) is 4. The van der Waals surface area contributed by atoms with Gasteiger partial charge in [-0.15, -0.1) is 0 Å². The van der Waals surface area contributed by atoms with Crippen LogP contribution in [0, 0.1) is 11.3 Å². The molecule has 7 nitrogen and oxygen atoms in total. The van der Waals surface area contributed by atoms with Gasteiger partial charge in [-0.2, -0.15) is 5.26 Å². The largest absolute Gasteiger partial charge is 0.497 e. The van der Waals surface area contributed by atoms with Gasteiger partial charge in [0.25, 0.3) is 0 Å². The van der Waals surface area contributed by atoms with Gasteiger partial charge in [0.15, 0.2) is 0 Å². The van der Waals surface area contributed by atoms with E-state index >= 15 is 0 Å². The van der Waals surface area contributed by atoms with Gasteiger partial charge >= 0.3 is 0 Å². The minimum Gasteiger partial charge on any atom is -0.497 e. The number of halogens is 1. The predicted octanol–water partition coefficient (Wildman–Crippen LogP) is 5.17. The van der Waals surface area contributed by atoms with E-state index in [2.05, 4.69) is 16.0 Å². The van der Waals surface area contributed by atoms with Crippen LogP contribution in [0.3, 0.4) is 0 Å². The number of nitriles is 1. The average molecular weight is 501 g/mol. The first kappa shape index (κ1) is 23.9. The molecule has 0 atom stereocenters. The highest BCUT2D eigenvalue weighted by atomic mass is 35.5. The standard InChI is InChI=1S/C28H25ClN4O3/c1-34-22-6-2-19(3-7-22)18-36-26-9-4-20(15-24(26)29)14-21-5-8-25-28(23(21)16-30)32-27(17-31-25)33-10-12-35-13-11-33/h2-9,15,17H,10-14,18H2,1H3. The van der Waals surface area contributed by atoms with Gasteiger partial charge in [-0.25, -0.2) is 4.98 Å². The van der Waals surface area contributed by atoms with Crippen molar-refractivity contribution in [3.63, 3.8) is 0 Å². The maximum atomic E-state index is 10.0. The summed E-state index contributed by atoms with van der Waals surface area (Å²) in [7, 11) is 1.64. The molecular weight excluding hydrogens is 476 g/mol. The molecule has 0 spiro atoms.